The molecule has 0 fully saturated rings. The quantitative estimate of drug-likeness (QED) is 0.892. The summed E-state index contributed by atoms with van der Waals surface area (Å²) >= 11 is 0. The van der Waals surface area contributed by atoms with Gasteiger partial charge >= 0.3 is 0 Å². The minimum atomic E-state index is 0.216. The van der Waals surface area contributed by atoms with E-state index in [9.17, 15) is 0 Å². The third-order valence-electron chi connectivity index (χ3n) is 3.72. The highest BCUT2D eigenvalue weighted by molar-refractivity contribution is 5.55. The lowest BCUT2D eigenvalue weighted by Crippen LogP contribution is -2.42. The lowest BCUT2D eigenvalue weighted by Gasteiger charge is -2.34. The largest absolute Gasteiger partial charge is 0.371 e. The van der Waals surface area contributed by atoms with Gasteiger partial charge in [-0.1, -0.05) is 25.1 Å². The van der Waals surface area contributed by atoms with Gasteiger partial charge in [0.2, 0.25) is 0 Å². The van der Waals surface area contributed by atoms with Gasteiger partial charge < -0.3 is 10.2 Å². The van der Waals surface area contributed by atoms with Crippen LogP contribution < -0.4 is 10.2 Å². The van der Waals surface area contributed by atoms with Crippen molar-refractivity contribution in [2.45, 2.75) is 46.1 Å². The van der Waals surface area contributed by atoms with Crippen LogP contribution in [0.15, 0.2) is 24.3 Å². The van der Waals surface area contributed by atoms with Gasteiger partial charge in [-0.05, 0) is 57.7 Å². The topological polar surface area (TPSA) is 15.3 Å². The highest BCUT2D eigenvalue weighted by Gasteiger charge is 2.19. The second-order valence-corrected chi connectivity index (χ2v) is 6.91. The molecule has 2 nitrogen and oxygen atoms in total. The second kappa shape index (κ2) is 5.96. The monoisotopic (exact) mass is 260 g/mol. The van der Waals surface area contributed by atoms with Gasteiger partial charge in [-0.25, -0.2) is 0 Å². The van der Waals surface area contributed by atoms with Crippen molar-refractivity contribution in [3.63, 3.8) is 0 Å². The van der Waals surface area contributed by atoms with Crippen LogP contribution in [0.5, 0.6) is 0 Å². The van der Waals surface area contributed by atoms with Crippen molar-refractivity contribution in [2.75, 3.05) is 24.5 Å². The van der Waals surface area contributed by atoms with Crippen molar-refractivity contribution in [3.05, 3.63) is 29.8 Å². The van der Waals surface area contributed by atoms with Crippen LogP contribution in [0.4, 0.5) is 5.69 Å². The summed E-state index contributed by atoms with van der Waals surface area (Å²) in [5, 5.41) is 3.61. The first kappa shape index (κ1) is 14.4. The maximum absolute atomic E-state index is 3.61. The van der Waals surface area contributed by atoms with Gasteiger partial charge in [-0.15, -0.1) is 0 Å². The SMILES string of the molecule is CC(CNC(C)(C)C)CN1CCCc2ccccc21. The number of aryl methyl sites for hydroxylation is 1. The minimum absolute atomic E-state index is 0.216. The Kier molecular flexibility index (Phi) is 4.51. The Hall–Kier alpha value is -1.02. The molecule has 0 saturated carbocycles. The molecule has 1 aromatic rings. The van der Waals surface area contributed by atoms with Gasteiger partial charge in [0, 0.05) is 24.3 Å². The van der Waals surface area contributed by atoms with Crippen LogP contribution in [0.2, 0.25) is 0 Å². The fraction of sp³-hybridized carbons (Fsp3) is 0.647. The predicted octanol–water partition coefficient (Wildman–Crippen LogP) is 3.46. The molecule has 0 bridgehead atoms. The number of hydrogen-bond acceptors (Lipinski definition) is 2. The van der Waals surface area contributed by atoms with Crippen molar-refractivity contribution in [2.24, 2.45) is 5.92 Å². The molecule has 19 heavy (non-hydrogen) atoms. The first-order chi connectivity index (χ1) is 8.96. The normalized spacial score (nSPS) is 17.2. The molecular formula is C17H28N2. The molecular weight excluding hydrogens is 232 g/mol. The highest BCUT2D eigenvalue weighted by Crippen LogP contribution is 2.27. The zero-order valence-electron chi connectivity index (χ0n) is 12.9. The van der Waals surface area contributed by atoms with Crippen LogP contribution >= 0.6 is 0 Å². The maximum Gasteiger partial charge on any atom is 0.0398 e. The number of nitrogens with one attached hydrogen (secondary N) is 1. The van der Waals surface area contributed by atoms with Gasteiger partial charge in [-0.3, -0.25) is 0 Å². The molecule has 0 radical (unpaired) electrons. The lowest BCUT2D eigenvalue weighted by molar-refractivity contribution is 0.381. The van der Waals surface area contributed by atoms with Crippen molar-refractivity contribution >= 4 is 5.69 Å². The summed E-state index contributed by atoms with van der Waals surface area (Å²) in [7, 11) is 0. The summed E-state index contributed by atoms with van der Waals surface area (Å²) in [6.45, 7) is 12.5. The predicted molar refractivity (Wildman–Crippen MR) is 83.9 cm³/mol. The minimum Gasteiger partial charge on any atom is -0.371 e. The fourth-order valence-electron chi connectivity index (χ4n) is 2.72. The van der Waals surface area contributed by atoms with Gasteiger partial charge in [-0.2, -0.15) is 0 Å². The standard InChI is InChI=1S/C17H28N2/c1-14(12-18-17(2,3)4)13-19-11-7-9-15-8-5-6-10-16(15)19/h5-6,8,10,14,18H,7,9,11-13H2,1-4H3. The Labute approximate surface area is 118 Å². The Balaban J connectivity index is 1.93. The molecule has 0 spiro atoms. The Morgan fingerprint density at radius 1 is 1.26 bits per heavy atom. The van der Waals surface area contributed by atoms with Crippen LogP contribution in [0.3, 0.4) is 0 Å². The van der Waals surface area contributed by atoms with Crippen molar-refractivity contribution < 1.29 is 0 Å². The van der Waals surface area contributed by atoms with Gasteiger partial charge in [0.15, 0.2) is 0 Å². The molecule has 0 aliphatic carbocycles. The van der Waals surface area contributed by atoms with Gasteiger partial charge in [0.1, 0.15) is 0 Å². The molecule has 1 aliphatic rings. The molecule has 1 aliphatic heterocycles. The molecule has 1 unspecified atom stereocenters. The Bertz CT molecular complexity index is 406. The molecule has 106 valence electrons. The number of fused-ring (bicyclic) bond motifs is 1. The molecule has 1 heterocycles. The van der Waals surface area contributed by atoms with Crippen molar-refractivity contribution in [1.82, 2.24) is 5.32 Å². The van der Waals surface area contributed by atoms with Crippen LogP contribution in [0.1, 0.15) is 39.7 Å². The molecule has 2 rings (SSSR count). The van der Waals surface area contributed by atoms with Crippen LogP contribution in [0, 0.1) is 5.92 Å². The van der Waals surface area contributed by atoms with Crippen molar-refractivity contribution in [1.29, 1.82) is 0 Å². The third-order valence-corrected chi connectivity index (χ3v) is 3.72. The van der Waals surface area contributed by atoms with Crippen molar-refractivity contribution in [3.8, 4) is 0 Å². The summed E-state index contributed by atoms with van der Waals surface area (Å²) in [6, 6.07) is 8.88. The van der Waals surface area contributed by atoms with Gasteiger partial charge in [0.25, 0.3) is 0 Å². The first-order valence-corrected chi connectivity index (χ1v) is 7.53. The van der Waals surface area contributed by atoms with E-state index in [2.05, 4.69) is 62.2 Å². The summed E-state index contributed by atoms with van der Waals surface area (Å²) in [6.07, 6.45) is 2.53. The van der Waals surface area contributed by atoms with Crippen LogP contribution in [0.25, 0.3) is 0 Å². The number of rotatable bonds is 4. The van der Waals surface area contributed by atoms with E-state index in [0.717, 1.165) is 13.1 Å². The number of nitrogens with zero attached hydrogens (tertiary/aromatic N) is 1. The second-order valence-electron chi connectivity index (χ2n) is 6.91. The maximum atomic E-state index is 3.61. The van der Waals surface area contributed by atoms with Crippen LogP contribution in [-0.2, 0) is 6.42 Å². The van der Waals surface area contributed by atoms with E-state index >= 15 is 0 Å². The van der Waals surface area contributed by atoms with Gasteiger partial charge in [0.05, 0.1) is 0 Å². The van der Waals surface area contributed by atoms with Crippen LogP contribution in [-0.4, -0.2) is 25.2 Å². The van der Waals surface area contributed by atoms with E-state index in [4.69, 9.17) is 0 Å². The molecule has 2 heteroatoms. The number of para-hydroxylation sites is 1. The van der Waals surface area contributed by atoms with E-state index in [-0.39, 0.29) is 5.54 Å². The summed E-state index contributed by atoms with van der Waals surface area (Å²) in [5.74, 6) is 0.672. The average molecular weight is 260 g/mol. The van der Waals surface area contributed by atoms with E-state index in [1.165, 1.54) is 30.6 Å². The number of benzene rings is 1. The third kappa shape index (κ3) is 4.24. The smallest absolute Gasteiger partial charge is 0.0398 e. The number of anilines is 1. The van der Waals surface area contributed by atoms with E-state index in [1.54, 1.807) is 0 Å². The zero-order chi connectivity index (χ0) is 13.9. The summed E-state index contributed by atoms with van der Waals surface area (Å²) in [4.78, 5) is 2.56. The molecule has 0 saturated heterocycles. The molecule has 0 amide bonds. The molecule has 1 atom stereocenters. The van der Waals surface area contributed by atoms with E-state index < -0.39 is 0 Å². The van der Waals surface area contributed by atoms with E-state index in [0.29, 0.717) is 5.92 Å². The Morgan fingerprint density at radius 3 is 2.74 bits per heavy atom. The molecule has 1 N–H and O–H groups in total. The molecule has 1 aromatic carbocycles. The van der Waals surface area contributed by atoms with E-state index in [1.807, 2.05) is 0 Å². The highest BCUT2D eigenvalue weighted by atomic mass is 15.1. The zero-order valence-corrected chi connectivity index (χ0v) is 12.9. The average Bonchev–Trinajstić information content (AvgIpc) is 2.36. The fourth-order valence-corrected chi connectivity index (χ4v) is 2.72. The first-order valence-electron chi connectivity index (χ1n) is 7.53. The lowest BCUT2D eigenvalue weighted by atomic mass is 10.00. The number of hydrogen-bond donors (Lipinski definition) is 1. The summed E-state index contributed by atoms with van der Waals surface area (Å²) < 4.78 is 0. The summed E-state index contributed by atoms with van der Waals surface area (Å²) in [5.41, 5.74) is 3.19. The molecule has 0 aromatic heterocycles. The Morgan fingerprint density at radius 2 is 2.00 bits per heavy atom.